The second-order valence-electron chi connectivity index (χ2n) is 4.50. The summed E-state index contributed by atoms with van der Waals surface area (Å²) in [5, 5.41) is 5.17. The number of sulfonamides is 1. The van der Waals surface area contributed by atoms with Gasteiger partial charge in [0.15, 0.2) is 0 Å². The summed E-state index contributed by atoms with van der Waals surface area (Å²) < 4.78 is 26.3. The molecule has 1 aromatic heterocycles. The van der Waals surface area contributed by atoms with Gasteiger partial charge in [-0.3, -0.25) is 0 Å². The number of nitrogens with one attached hydrogen (secondary N) is 1. The minimum Gasteiger partial charge on any atom is -0.309 e. The molecule has 1 aromatic rings. The number of hydrogen-bond acceptors (Lipinski definition) is 4. The quantitative estimate of drug-likeness (QED) is 0.779. The van der Waals surface area contributed by atoms with Crippen LogP contribution in [0.5, 0.6) is 0 Å². The number of terminal acetylenes is 1. The Kier molecular flexibility index (Phi) is 4.63. The first-order valence-electron chi connectivity index (χ1n) is 6.33. The van der Waals surface area contributed by atoms with Crippen LogP contribution in [0.15, 0.2) is 16.3 Å². The van der Waals surface area contributed by atoms with E-state index in [1.807, 2.05) is 5.38 Å². The van der Waals surface area contributed by atoms with E-state index in [-0.39, 0.29) is 6.54 Å². The van der Waals surface area contributed by atoms with Gasteiger partial charge in [0.25, 0.3) is 0 Å². The van der Waals surface area contributed by atoms with Crippen LogP contribution in [0, 0.1) is 12.3 Å². The Labute approximate surface area is 118 Å². The van der Waals surface area contributed by atoms with Crippen molar-refractivity contribution >= 4 is 21.4 Å². The molecule has 0 amide bonds. The molecule has 0 saturated heterocycles. The summed E-state index contributed by atoms with van der Waals surface area (Å²) in [4.78, 5) is 1.25. The van der Waals surface area contributed by atoms with Crippen LogP contribution in [0.3, 0.4) is 0 Å². The van der Waals surface area contributed by atoms with E-state index < -0.39 is 10.0 Å². The van der Waals surface area contributed by atoms with E-state index in [4.69, 9.17) is 6.42 Å². The molecule has 19 heavy (non-hydrogen) atoms. The largest absolute Gasteiger partial charge is 0.309 e. The van der Waals surface area contributed by atoms with Crippen molar-refractivity contribution in [2.45, 2.75) is 37.2 Å². The molecule has 0 spiro atoms. The summed E-state index contributed by atoms with van der Waals surface area (Å²) in [7, 11) is -3.47. The molecule has 1 fully saturated rings. The van der Waals surface area contributed by atoms with Crippen LogP contribution in [0.25, 0.3) is 0 Å². The van der Waals surface area contributed by atoms with Crippen LogP contribution in [-0.2, 0) is 16.6 Å². The first-order valence-corrected chi connectivity index (χ1v) is 8.65. The van der Waals surface area contributed by atoms with Gasteiger partial charge in [-0.25, -0.2) is 8.42 Å². The average Bonchev–Trinajstić information content (AvgIpc) is 3.09. The van der Waals surface area contributed by atoms with Gasteiger partial charge in [-0.2, -0.15) is 4.31 Å². The number of nitrogens with zero attached hydrogens (tertiary/aromatic N) is 1. The molecule has 0 radical (unpaired) electrons. The van der Waals surface area contributed by atoms with Gasteiger partial charge in [0.1, 0.15) is 0 Å². The highest BCUT2D eigenvalue weighted by atomic mass is 32.2. The van der Waals surface area contributed by atoms with E-state index >= 15 is 0 Å². The van der Waals surface area contributed by atoms with Gasteiger partial charge in [-0.1, -0.05) is 12.8 Å². The monoisotopic (exact) mass is 298 g/mol. The first-order chi connectivity index (χ1) is 9.09. The van der Waals surface area contributed by atoms with E-state index in [1.165, 1.54) is 28.5 Å². The molecule has 1 heterocycles. The topological polar surface area (TPSA) is 49.4 Å². The molecule has 0 aliphatic heterocycles. The minimum atomic E-state index is -3.47. The van der Waals surface area contributed by atoms with Crippen LogP contribution in [0.1, 0.15) is 24.6 Å². The Morgan fingerprint density at radius 2 is 2.32 bits per heavy atom. The molecule has 104 valence electrons. The van der Waals surface area contributed by atoms with Gasteiger partial charge in [0.2, 0.25) is 10.0 Å². The molecule has 1 aliphatic carbocycles. The lowest BCUT2D eigenvalue weighted by atomic mass is 10.4. The van der Waals surface area contributed by atoms with Crippen molar-refractivity contribution in [3.63, 3.8) is 0 Å². The lowest BCUT2D eigenvalue weighted by Gasteiger charge is -2.18. The molecule has 1 saturated carbocycles. The van der Waals surface area contributed by atoms with Gasteiger partial charge in [0.05, 0.1) is 11.4 Å². The SMILES string of the molecule is C#CCN(CC)S(=O)(=O)c1ccsc1CNC1CC1. The number of thiophene rings is 1. The second kappa shape index (κ2) is 6.06. The smallest absolute Gasteiger partial charge is 0.245 e. The molecule has 6 heteroatoms. The van der Waals surface area contributed by atoms with Gasteiger partial charge >= 0.3 is 0 Å². The lowest BCUT2D eigenvalue weighted by molar-refractivity contribution is 0.463. The van der Waals surface area contributed by atoms with Crippen molar-refractivity contribution in [2.75, 3.05) is 13.1 Å². The van der Waals surface area contributed by atoms with Crippen LogP contribution in [0.2, 0.25) is 0 Å². The van der Waals surface area contributed by atoms with E-state index in [1.54, 1.807) is 13.0 Å². The molecule has 0 atom stereocenters. The number of hydrogen-bond donors (Lipinski definition) is 1. The fraction of sp³-hybridized carbons (Fsp3) is 0.538. The standard InChI is InChI=1S/C13H18N2O2S2/c1-3-8-15(4-2)19(16,17)13-7-9-18-12(13)10-14-11-5-6-11/h1,7,9,11,14H,4-6,8,10H2,2H3. The maximum Gasteiger partial charge on any atom is 0.245 e. The summed E-state index contributed by atoms with van der Waals surface area (Å²) in [6.07, 6.45) is 7.61. The molecule has 1 N–H and O–H groups in total. The zero-order valence-electron chi connectivity index (χ0n) is 10.9. The van der Waals surface area contributed by atoms with E-state index in [9.17, 15) is 8.42 Å². The van der Waals surface area contributed by atoms with Crippen molar-refractivity contribution in [1.29, 1.82) is 0 Å². The third kappa shape index (κ3) is 3.37. The summed E-state index contributed by atoms with van der Waals surface area (Å²) in [5.41, 5.74) is 0. The highest BCUT2D eigenvalue weighted by Gasteiger charge is 2.27. The Morgan fingerprint density at radius 1 is 1.58 bits per heavy atom. The van der Waals surface area contributed by atoms with Crippen molar-refractivity contribution in [2.24, 2.45) is 0 Å². The zero-order chi connectivity index (χ0) is 13.9. The molecule has 0 bridgehead atoms. The number of rotatable bonds is 7. The zero-order valence-corrected chi connectivity index (χ0v) is 12.6. The minimum absolute atomic E-state index is 0.115. The van der Waals surface area contributed by atoms with Gasteiger partial charge in [-0.15, -0.1) is 17.8 Å². The van der Waals surface area contributed by atoms with Gasteiger partial charge in [-0.05, 0) is 24.3 Å². The third-order valence-electron chi connectivity index (χ3n) is 3.07. The summed E-state index contributed by atoms with van der Waals surface area (Å²) in [6.45, 7) is 2.91. The fourth-order valence-corrected chi connectivity index (χ4v) is 4.55. The van der Waals surface area contributed by atoms with Crippen molar-refractivity contribution in [1.82, 2.24) is 9.62 Å². The van der Waals surface area contributed by atoms with Crippen LogP contribution >= 0.6 is 11.3 Å². The molecule has 0 aromatic carbocycles. The second-order valence-corrected chi connectivity index (χ2v) is 7.41. The summed E-state index contributed by atoms with van der Waals surface area (Å²) >= 11 is 1.47. The highest BCUT2D eigenvalue weighted by Crippen LogP contribution is 2.26. The highest BCUT2D eigenvalue weighted by molar-refractivity contribution is 7.89. The van der Waals surface area contributed by atoms with E-state index in [0.717, 1.165) is 4.88 Å². The van der Waals surface area contributed by atoms with Crippen LogP contribution in [-0.4, -0.2) is 31.9 Å². The molecule has 1 aliphatic rings. The van der Waals surface area contributed by atoms with Crippen molar-refractivity contribution in [3.8, 4) is 12.3 Å². The van der Waals surface area contributed by atoms with E-state index in [0.29, 0.717) is 24.0 Å². The first kappa shape index (κ1) is 14.5. The predicted octanol–water partition coefficient (Wildman–Crippen LogP) is 1.64. The summed E-state index contributed by atoms with van der Waals surface area (Å²) in [6, 6.07) is 2.23. The third-order valence-corrected chi connectivity index (χ3v) is 6.13. The Morgan fingerprint density at radius 3 is 2.89 bits per heavy atom. The maximum absolute atomic E-state index is 12.5. The van der Waals surface area contributed by atoms with Crippen molar-refractivity contribution in [3.05, 3.63) is 16.3 Å². The normalized spacial score (nSPS) is 15.6. The van der Waals surface area contributed by atoms with E-state index in [2.05, 4.69) is 11.2 Å². The average molecular weight is 298 g/mol. The van der Waals surface area contributed by atoms with Crippen LogP contribution < -0.4 is 5.32 Å². The van der Waals surface area contributed by atoms with Crippen LogP contribution in [0.4, 0.5) is 0 Å². The fourth-order valence-electron chi connectivity index (χ4n) is 1.82. The van der Waals surface area contributed by atoms with Crippen molar-refractivity contribution < 1.29 is 8.42 Å². The summed E-state index contributed by atoms with van der Waals surface area (Å²) in [5.74, 6) is 2.40. The predicted molar refractivity (Wildman–Crippen MR) is 77.4 cm³/mol. The molecular formula is C13H18N2O2S2. The van der Waals surface area contributed by atoms with Gasteiger partial charge in [0, 0.05) is 24.0 Å². The Hall–Kier alpha value is -0.870. The Bertz CT molecular complexity index is 568. The molecule has 4 nitrogen and oxygen atoms in total. The maximum atomic E-state index is 12.5. The lowest BCUT2D eigenvalue weighted by Crippen LogP contribution is -2.32. The van der Waals surface area contributed by atoms with Gasteiger partial charge < -0.3 is 5.32 Å². The molecule has 0 unspecified atom stereocenters. The molecule has 2 rings (SSSR count). The Balaban J connectivity index is 2.19. The molecular weight excluding hydrogens is 280 g/mol.